The molecule has 4 atom stereocenters. The van der Waals surface area contributed by atoms with E-state index < -0.39 is 0 Å². The second kappa shape index (κ2) is 6.98. The lowest BCUT2D eigenvalue weighted by Crippen LogP contribution is -2.65. The Bertz CT molecular complexity index is 795. The molecule has 4 aliphatic heterocycles. The zero-order valence-electron chi connectivity index (χ0n) is 16.4. The molecule has 3 saturated heterocycles. The molecule has 5 rings (SSSR count). The number of fused-ring (bicyclic) bond motifs is 5. The zero-order chi connectivity index (χ0) is 19.3. The van der Waals surface area contributed by atoms with Gasteiger partial charge in [-0.05, 0) is 55.7 Å². The van der Waals surface area contributed by atoms with Gasteiger partial charge in [0, 0.05) is 37.2 Å². The third-order valence-electron chi connectivity index (χ3n) is 6.99. The van der Waals surface area contributed by atoms with Crippen LogP contribution in [0.25, 0.3) is 0 Å². The number of benzene rings is 1. The Morgan fingerprint density at radius 2 is 2.00 bits per heavy atom. The molecular weight excluding hydrogens is 356 g/mol. The summed E-state index contributed by atoms with van der Waals surface area (Å²) in [6, 6.07) is 6.05. The molecule has 6 heteroatoms. The third kappa shape index (κ3) is 2.85. The highest BCUT2D eigenvalue weighted by molar-refractivity contribution is 5.95. The number of amides is 2. The van der Waals surface area contributed by atoms with E-state index in [-0.39, 0.29) is 18.7 Å². The summed E-state index contributed by atoms with van der Waals surface area (Å²) >= 11 is 0. The highest BCUT2D eigenvalue weighted by Crippen LogP contribution is 2.43. The van der Waals surface area contributed by atoms with Crippen molar-refractivity contribution in [2.45, 2.75) is 57.5 Å². The Hall–Kier alpha value is -2.24. The third-order valence-corrected chi connectivity index (χ3v) is 6.99. The smallest absolute Gasteiger partial charge is 0.254 e. The monoisotopic (exact) mass is 384 g/mol. The summed E-state index contributed by atoms with van der Waals surface area (Å²) in [6.45, 7) is 3.89. The van der Waals surface area contributed by atoms with Gasteiger partial charge >= 0.3 is 0 Å². The van der Waals surface area contributed by atoms with Crippen LogP contribution in [0.15, 0.2) is 18.2 Å². The minimum absolute atomic E-state index is 0.0684. The van der Waals surface area contributed by atoms with Crippen molar-refractivity contribution in [3.8, 4) is 11.5 Å². The summed E-state index contributed by atoms with van der Waals surface area (Å²) in [6.07, 6.45) is 6.00. The first-order valence-electron chi connectivity index (χ1n) is 10.7. The average Bonchev–Trinajstić information content (AvgIpc) is 3.18. The number of carbonyl (C=O) groups is 2. The van der Waals surface area contributed by atoms with E-state index in [2.05, 4.69) is 11.8 Å². The quantitative estimate of drug-likeness (QED) is 0.804. The second-order valence-corrected chi connectivity index (χ2v) is 8.65. The first-order chi connectivity index (χ1) is 13.7. The molecule has 1 aromatic carbocycles. The SMILES string of the molecule is CCC[C@H]1[C@H]2C[C@H](CN(C(=O)c3ccc4c(c3)OCO4)C2)[C@@H]2CCCC(=O)N21. The molecule has 2 amide bonds. The lowest BCUT2D eigenvalue weighted by molar-refractivity contribution is -0.152. The molecule has 0 aliphatic carbocycles. The lowest BCUT2D eigenvalue weighted by atomic mass is 9.71. The van der Waals surface area contributed by atoms with E-state index in [1.165, 1.54) is 0 Å². The number of nitrogens with zero attached hydrogens (tertiary/aromatic N) is 2. The van der Waals surface area contributed by atoms with Gasteiger partial charge < -0.3 is 19.3 Å². The van der Waals surface area contributed by atoms with E-state index in [0.29, 0.717) is 47.3 Å². The van der Waals surface area contributed by atoms with Gasteiger partial charge in [0.1, 0.15) is 0 Å². The molecule has 0 N–H and O–H groups in total. The van der Waals surface area contributed by atoms with Crippen molar-refractivity contribution >= 4 is 11.8 Å². The molecule has 1 aromatic rings. The van der Waals surface area contributed by atoms with Crippen molar-refractivity contribution in [1.29, 1.82) is 0 Å². The summed E-state index contributed by atoms with van der Waals surface area (Å²) in [4.78, 5) is 30.2. The van der Waals surface area contributed by atoms with Crippen LogP contribution < -0.4 is 9.47 Å². The minimum Gasteiger partial charge on any atom is -0.454 e. The minimum atomic E-state index is 0.0684. The van der Waals surface area contributed by atoms with Crippen LogP contribution in [-0.2, 0) is 4.79 Å². The van der Waals surface area contributed by atoms with E-state index >= 15 is 0 Å². The fourth-order valence-corrected chi connectivity index (χ4v) is 5.82. The van der Waals surface area contributed by atoms with Crippen molar-refractivity contribution < 1.29 is 19.1 Å². The second-order valence-electron chi connectivity index (χ2n) is 8.65. The standard InChI is InChI=1S/C22H28N2O4/c1-2-4-17-15-9-16(18-5-3-6-21(25)24(17)18)12-23(11-15)22(26)14-7-8-19-20(10-14)28-13-27-19/h7-8,10,15-18H,2-6,9,11-13H2,1H3/t15-,16+,17-,18-/m0/s1. The predicted octanol–water partition coefficient (Wildman–Crippen LogP) is 3.06. The van der Waals surface area contributed by atoms with Crippen LogP contribution in [0, 0.1) is 11.8 Å². The number of carbonyl (C=O) groups excluding carboxylic acids is 2. The summed E-state index contributed by atoms with van der Waals surface area (Å²) in [5.41, 5.74) is 0.660. The first-order valence-corrected chi connectivity index (χ1v) is 10.7. The summed E-state index contributed by atoms with van der Waals surface area (Å²) in [7, 11) is 0. The van der Waals surface area contributed by atoms with Gasteiger partial charge in [0.05, 0.1) is 0 Å². The van der Waals surface area contributed by atoms with Crippen molar-refractivity contribution in [3.05, 3.63) is 23.8 Å². The Labute approximate surface area is 165 Å². The fourth-order valence-electron chi connectivity index (χ4n) is 5.82. The number of ether oxygens (including phenoxy) is 2. The fraction of sp³-hybridized carbons (Fsp3) is 0.636. The molecule has 0 saturated carbocycles. The first kappa shape index (κ1) is 17.8. The Morgan fingerprint density at radius 3 is 2.86 bits per heavy atom. The van der Waals surface area contributed by atoms with Crippen LogP contribution in [0.4, 0.5) is 0 Å². The van der Waals surface area contributed by atoms with Crippen molar-refractivity contribution in [3.63, 3.8) is 0 Å². The highest BCUT2D eigenvalue weighted by atomic mass is 16.7. The summed E-state index contributed by atoms with van der Waals surface area (Å²) < 4.78 is 10.8. The number of hydrogen-bond acceptors (Lipinski definition) is 4. The highest BCUT2D eigenvalue weighted by Gasteiger charge is 2.49. The average molecular weight is 384 g/mol. The van der Waals surface area contributed by atoms with E-state index in [1.807, 2.05) is 17.0 Å². The summed E-state index contributed by atoms with van der Waals surface area (Å²) in [5, 5.41) is 0. The van der Waals surface area contributed by atoms with Crippen LogP contribution in [0.5, 0.6) is 11.5 Å². The van der Waals surface area contributed by atoms with E-state index in [0.717, 1.165) is 45.2 Å². The zero-order valence-corrected chi connectivity index (χ0v) is 16.4. The molecule has 4 heterocycles. The largest absolute Gasteiger partial charge is 0.454 e. The molecule has 2 bridgehead atoms. The van der Waals surface area contributed by atoms with E-state index in [1.54, 1.807) is 6.07 Å². The molecule has 6 nitrogen and oxygen atoms in total. The van der Waals surface area contributed by atoms with Crippen LogP contribution in [0.1, 0.15) is 55.8 Å². The molecule has 28 heavy (non-hydrogen) atoms. The van der Waals surface area contributed by atoms with Gasteiger partial charge in [0.25, 0.3) is 5.91 Å². The van der Waals surface area contributed by atoms with Crippen LogP contribution >= 0.6 is 0 Å². The molecular formula is C22H28N2O4. The molecule has 0 unspecified atom stereocenters. The Morgan fingerprint density at radius 1 is 1.18 bits per heavy atom. The van der Waals surface area contributed by atoms with E-state index in [9.17, 15) is 9.59 Å². The molecule has 150 valence electrons. The van der Waals surface area contributed by atoms with Crippen molar-refractivity contribution in [2.75, 3.05) is 19.9 Å². The van der Waals surface area contributed by atoms with Gasteiger partial charge in [0.2, 0.25) is 12.7 Å². The van der Waals surface area contributed by atoms with Gasteiger partial charge in [0.15, 0.2) is 11.5 Å². The molecule has 3 fully saturated rings. The Balaban J connectivity index is 1.40. The number of rotatable bonds is 3. The lowest BCUT2D eigenvalue weighted by Gasteiger charge is -2.56. The van der Waals surface area contributed by atoms with Crippen molar-refractivity contribution in [2.24, 2.45) is 11.8 Å². The van der Waals surface area contributed by atoms with Crippen LogP contribution in [0.2, 0.25) is 0 Å². The van der Waals surface area contributed by atoms with Gasteiger partial charge in [-0.1, -0.05) is 13.3 Å². The van der Waals surface area contributed by atoms with Gasteiger partial charge in [-0.2, -0.15) is 0 Å². The maximum absolute atomic E-state index is 13.3. The number of piperidine rings is 3. The maximum atomic E-state index is 13.3. The van der Waals surface area contributed by atoms with E-state index in [4.69, 9.17) is 9.47 Å². The molecule has 4 aliphatic rings. The maximum Gasteiger partial charge on any atom is 0.254 e. The predicted molar refractivity (Wildman–Crippen MR) is 103 cm³/mol. The molecule has 0 radical (unpaired) electrons. The van der Waals surface area contributed by atoms with Gasteiger partial charge in [-0.25, -0.2) is 0 Å². The normalized spacial score (nSPS) is 31.0. The van der Waals surface area contributed by atoms with Crippen molar-refractivity contribution in [1.82, 2.24) is 9.80 Å². The Kier molecular flexibility index (Phi) is 4.44. The van der Waals surface area contributed by atoms with Crippen LogP contribution in [-0.4, -0.2) is 53.6 Å². The topological polar surface area (TPSA) is 59.1 Å². The molecule has 0 aromatic heterocycles. The van der Waals surface area contributed by atoms with Gasteiger partial charge in [-0.3, -0.25) is 9.59 Å². The van der Waals surface area contributed by atoms with Crippen LogP contribution in [0.3, 0.4) is 0 Å². The van der Waals surface area contributed by atoms with Gasteiger partial charge in [-0.15, -0.1) is 0 Å². The number of hydrogen-bond donors (Lipinski definition) is 0. The number of likely N-dealkylation sites (tertiary alicyclic amines) is 1. The summed E-state index contributed by atoms with van der Waals surface area (Å²) in [5.74, 6) is 2.53. The molecule has 0 spiro atoms.